The molecular formula is C17H24N2O4S. The third-order valence-electron chi connectivity index (χ3n) is 5.06. The molecule has 6 nitrogen and oxygen atoms in total. The lowest BCUT2D eigenvalue weighted by atomic mass is 9.93. The molecule has 0 aromatic heterocycles. The van der Waals surface area contributed by atoms with Crippen molar-refractivity contribution in [3.05, 3.63) is 24.3 Å². The van der Waals surface area contributed by atoms with E-state index in [1.165, 1.54) is 11.4 Å². The molecule has 1 heterocycles. The van der Waals surface area contributed by atoms with Crippen LogP contribution in [-0.4, -0.2) is 49.5 Å². The second kappa shape index (κ2) is 6.82. The Hall–Kier alpha value is -1.44. The molecule has 0 unspecified atom stereocenters. The third-order valence-corrected chi connectivity index (χ3v) is 6.96. The molecule has 132 valence electrons. The van der Waals surface area contributed by atoms with Crippen LogP contribution in [0.1, 0.15) is 38.5 Å². The number of anilines is 1. The van der Waals surface area contributed by atoms with Gasteiger partial charge < -0.3 is 10.0 Å². The SMILES string of the molecule is CN([C@H]1CCCC[C@@H]1O)S(=O)(=O)c1ccc(N2CCCC2=O)cc1. The maximum atomic E-state index is 12.8. The van der Waals surface area contributed by atoms with Crippen LogP contribution in [0, 0.1) is 0 Å². The zero-order valence-corrected chi connectivity index (χ0v) is 14.7. The van der Waals surface area contributed by atoms with Gasteiger partial charge in [-0.2, -0.15) is 4.31 Å². The molecule has 1 saturated carbocycles. The average Bonchev–Trinajstić information content (AvgIpc) is 3.01. The zero-order valence-electron chi connectivity index (χ0n) is 13.9. The van der Waals surface area contributed by atoms with Gasteiger partial charge >= 0.3 is 0 Å². The minimum absolute atomic E-state index is 0.0769. The van der Waals surface area contributed by atoms with Gasteiger partial charge in [-0.15, -0.1) is 0 Å². The fraction of sp³-hybridized carbons (Fsp3) is 0.588. The second-order valence-corrected chi connectivity index (χ2v) is 8.58. The van der Waals surface area contributed by atoms with Crippen LogP contribution in [0.2, 0.25) is 0 Å². The van der Waals surface area contributed by atoms with E-state index in [4.69, 9.17) is 0 Å². The third kappa shape index (κ3) is 3.20. The van der Waals surface area contributed by atoms with Crippen molar-refractivity contribution in [1.29, 1.82) is 0 Å². The van der Waals surface area contributed by atoms with E-state index >= 15 is 0 Å². The largest absolute Gasteiger partial charge is 0.391 e. The minimum Gasteiger partial charge on any atom is -0.391 e. The minimum atomic E-state index is -3.66. The van der Waals surface area contributed by atoms with Gasteiger partial charge in [0.1, 0.15) is 0 Å². The van der Waals surface area contributed by atoms with E-state index in [-0.39, 0.29) is 16.8 Å². The summed E-state index contributed by atoms with van der Waals surface area (Å²) in [6, 6.07) is 6.08. The number of rotatable bonds is 4. The molecule has 2 aliphatic rings. The molecule has 1 aromatic rings. The average molecular weight is 352 g/mol. The molecule has 1 saturated heterocycles. The molecule has 1 aliphatic carbocycles. The summed E-state index contributed by atoms with van der Waals surface area (Å²) in [6.07, 6.45) is 3.95. The summed E-state index contributed by atoms with van der Waals surface area (Å²) >= 11 is 0. The van der Waals surface area contributed by atoms with Gasteiger partial charge in [-0.25, -0.2) is 8.42 Å². The van der Waals surface area contributed by atoms with Gasteiger partial charge in [-0.3, -0.25) is 4.79 Å². The van der Waals surface area contributed by atoms with Crippen LogP contribution < -0.4 is 4.90 Å². The Morgan fingerprint density at radius 1 is 1.12 bits per heavy atom. The summed E-state index contributed by atoms with van der Waals surface area (Å²) in [5.41, 5.74) is 0.733. The highest BCUT2D eigenvalue weighted by atomic mass is 32.2. The molecular weight excluding hydrogens is 328 g/mol. The lowest BCUT2D eigenvalue weighted by molar-refractivity contribution is -0.117. The quantitative estimate of drug-likeness (QED) is 0.895. The van der Waals surface area contributed by atoms with E-state index in [9.17, 15) is 18.3 Å². The maximum Gasteiger partial charge on any atom is 0.243 e. The first kappa shape index (κ1) is 17.4. The van der Waals surface area contributed by atoms with Crippen LogP contribution in [-0.2, 0) is 14.8 Å². The molecule has 1 amide bonds. The number of aliphatic hydroxyl groups is 1. The standard InChI is InChI=1S/C17H24N2O4S/c1-18(15-5-2-3-6-16(15)20)24(22,23)14-10-8-13(9-11-14)19-12-4-7-17(19)21/h8-11,15-16,20H,2-7,12H2,1H3/t15-,16-/m0/s1. The number of carbonyl (C=O) groups is 1. The van der Waals surface area contributed by atoms with Crippen LogP contribution in [0.3, 0.4) is 0 Å². The lowest BCUT2D eigenvalue weighted by Gasteiger charge is -2.34. The highest BCUT2D eigenvalue weighted by Crippen LogP contribution is 2.28. The van der Waals surface area contributed by atoms with Crippen molar-refractivity contribution in [3.8, 4) is 0 Å². The van der Waals surface area contributed by atoms with Gasteiger partial charge in [0, 0.05) is 25.7 Å². The van der Waals surface area contributed by atoms with Crippen LogP contribution >= 0.6 is 0 Å². The van der Waals surface area contributed by atoms with E-state index in [0.717, 1.165) is 24.9 Å². The first-order valence-electron chi connectivity index (χ1n) is 8.48. The van der Waals surface area contributed by atoms with Gasteiger partial charge in [-0.1, -0.05) is 12.8 Å². The fourth-order valence-corrected chi connectivity index (χ4v) is 4.99. The van der Waals surface area contributed by atoms with Crippen molar-refractivity contribution in [2.75, 3.05) is 18.5 Å². The highest BCUT2D eigenvalue weighted by Gasteiger charge is 2.34. The number of hydrogen-bond donors (Lipinski definition) is 1. The van der Waals surface area contributed by atoms with E-state index in [2.05, 4.69) is 0 Å². The van der Waals surface area contributed by atoms with Gasteiger partial charge in [0.25, 0.3) is 0 Å². The summed E-state index contributed by atoms with van der Waals surface area (Å²) in [5, 5.41) is 10.1. The Labute approximate surface area is 143 Å². The molecule has 1 N–H and O–H groups in total. The molecule has 0 spiro atoms. The Morgan fingerprint density at radius 3 is 2.38 bits per heavy atom. The number of nitrogens with zero attached hydrogens (tertiary/aromatic N) is 2. The Kier molecular flexibility index (Phi) is 4.94. The van der Waals surface area contributed by atoms with Crippen molar-refractivity contribution in [1.82, 2.24) is 4.31 Å². The van der Waals surface area contributed by atoms with Gasteiger partial charge in [0.2, 0.25) is 15.9 Å². The Morgan fingerprint density at radius 2 is 1.79 bits per heavy atom. The monoisotopic (exact) mass is 352 g/mol. The molecule has 0 radical (unpaired) electrons. The lowest BCUT2D eigenvalue weighted by Crippen LogP contribution is -2.46. The molecule has 0 bridgehead atoms. The molecule has 2 atom stereocenters. The summed E-state index contributed by atoms with van der Waals surface area (Å²) in [6.45, 7) is 0.680. The van der Waals surface area contributed by atoms with E-state index in [0.29, 0.717) is 25.8 Å². The van der Waals surface area contributed by atoms with Crippen LogP contribution in [0.4, 0.5) is 5.69 Å². The van der Waals surface area contributed by atoms with Crippen molar-refractivity contribution >= 4 is 21.6 Å². The maximum absolute atomic E-state index is 12.8. The Balaban J connectivity index is 1.80. The number of benzene rings is 1. The summed E-state index contributed by atoms with van der Waals surface area (Å²) in [4.78, 5) is 13.7. The number of hydrogen-bond acceptors (Lipinski definition) is 4. The molecule has 7 heteroatoms. The first-order valence-corrected chi connectivity index (χ1v) is 9.92. The second-order valence-electron chi connectivity index (χ2n) is 6.58. The molecule has 2 fully saturated rings. The molecule has 3 rings (SSSR count). The first-order chi connectivity index (χ1) is 11.4. The number of carbonyl (C=O) groups excluding carboxylic acids is 1. The van der Waals surface area contributed by atoms with Crippen molar-refractivity contribution in [2.24, 2.45) is 0 Å². The fourth-order valence-electron chi connectivity index (χ4n) is 3.58. The van der Waals surface area contributed by atoms with E-state index < -0.39 is 16.1 Å². The molecule has 1 aromatic carbocycles. The number of amides is 1. The summed E-state index contributed by atoms with van der Waals surface area (Å²) in [5.74, 6) is 0.0769. The topological polar surface area (TPSA) is 77.9 Å². The number of sulfonamides is 1. The van der Waals surface area contributed by atoms with Crippen LogP contribution in [0.5, 0.6) is 0 Å². The van der Waals surface area contributed by atoms with Crippen molar-refractivity contribution in [2.45, 2.75) is 55.6 Å². The Bertz CT molecular complexity index is 702. The molecule has 24 heavy (non-hydrogen) atoms. The van der Waals surface area contributed by atoms with Crippen molar-refractivity contribution in [3.63, 3.8) is 0 Å². The van der Waals surface area contributed by atoms with Crippen molar-refractivity contribution < 1.29 is 18.3 Å². The van der Waals surface area contributed by atoms with Crippen LogP contribution in [0.25, 0.3) is 0 Å². The summed E-state index contributed by atoms with van der Waals surface area (Å²) in [7, 11) is -2.12. The number of aliphatic hydroxyl groups excluding tert-OH is 1. The predicted molar refractivity (Wildman–Crippen MR) is 91.2 cm³/mol. The summed E-state index contributed by atoms with van der Waals surface area (Å²) < 4.78 is 26.9. The van der Waals surface area contributed by atoms with Crippen LogP contribution in [0.15, 0.2) is 29.2 Å². The van der Waals surface area contributed by atoms with Gasteiger partial charge in [0.15, 0.2) is 0 Å². The van der Waals surface area contributed by atoms with E-state index in [1.807, 2.05) is 0 Å². The highest BCUT2D eigenvalue weighted by molar-refractivity contribution is 7.89. The van der Waals surface area contributed by atoms with Gasteiger partial charge in [0.05, 0.1) is 17.0 Å². The zero-order chi connectivity index (χ0) is 17.3. The normalized spacial score (nSPS) is 25.5. The van der Waals surface area contributed by atoms with Gasteiger partial charge in [-0.05, 0) is 43.5 Å². The number of likely N-dealkylation sites (N-methyl/N-ethyl adjacent to an activating group) is 1. The van der Waals surface area contributed by atoms with E-state index in [1.54, 1.807) is 29.2 Å². The smallest absolute Gasteiger partial charge is 0.243 e. The molecule has 1 aliphatic heterocycles. The predicted octanol–water partition coefficient (Wildman–Crippen LogP) is 1.74.